The van der Waals surface area contributed by atoms with Crippen molar-refractivity contribution >= 4 is 11.6 Å². The molecule has 1 N–H and O–H groups in total. The van der Waals surface area contributed by atoms with Gasteiger partial charge >= 0.3 is 6.61 Å². The molecule has 0 bridgehead atoms. The number of alkyl halides is 2. The number of nitrogens with one attached hydrogen (secondary N) is 1. The van der Waals surface area contributed by atoms with Crippen LogP contribution in [-0.2, 0) is 0 Å². The molecule has 1 aromatic heterocycles. The third-order valence-electron chi connectivity index (χ3n) is 3.10. The molecule has 0 aliphatic heterocycles. The second-order valence-corrected chi connectivity index (χ2v) is 4.85. The number of amides is 1. The largest absolute Gasteiger partial charge is 0.435 e. The maximum atomic E-state index is 13.1. The Morgan fingerprint density at radius 2 is 1.92 bits per heavy atom. The smallest absolute Gasteiger partial charge is 0.387 e. The van der Waals surface area contributed by atoms with Crippen LogP contribution in [0.2, 0.25) is 0 Å². The summed E-state index contributed by atoms with van der Waals surface area (Å²) in [4.78, 5) is 15.9. The number of aromatic nitrogens is 3. The van der Waals surface area contributed by atoms with E-state index in [9.17, 15) is 18.0 Å². The molecule has 25 heavy (non-hydrogen) atoms. The summed E-state index contributed by atoms with van der Waals surface area (Å²) >= 11 is 0. The van der Waals surface area contributed by atoms with E-state index >= 15 is 0 Å². The van der Waals surface area contributed by atoms with Gasteiger partial charge in [0.1, 0.15) is 17.9 Å². The number of ether oxygens (including phenoxy) is 1. The molecule has 0 fully saturated rings. The lowest BCUT2D eigenvalue weighted by Crippen LogP contribution is -2.14. The molecule has 0 atom stereocenters. The van der Waals surface area contributed by atoms with E-state index in [1.54, 1.807) is 0 Å². The fourth-order valence-corrected chi connectivity index (χ4v) is 2.03. The highest BCUT2D eigenvalue weighted by Gasteiger charge is 2.13. The monoisotopic (exact) mass is 348 g/mol. The highest BCUT2D eigenvalue weighted by atomic mass is 19.3. The van der Waals surface area contributed by atoms with E-state index in [1.807, 2.05) is 0 Å². The van der Waals surface area contributed by atoms with Crippen molar-refractivity contribution in [3.8, 4) is 11.4 Å². The van der Waals surface area contributed by atoms with Gasteiger partial charge in [-0.1, -0.05) is 6.07 Å². The Balaban J connectivity index is 1.72. The first-order chi connectivity index (χ1) is 12.0. The molecule has 128 valence electrons. The summed E-state index contributed by atoms with van der Waals surface area (Å²) in [5, 5.41) is 6.47. The number of halogens is 3. The molecular weight excluding hydrogens is 337 g/mol. The minimum absolute atomic E-state index is 0.00272. The van der Waals surface area contributed by atoms with Gasteiger partial charge in [-0.3, -0.25) is 4.79 Å². The molecule has 1 amide bonds. The zero-order valence-corrected chi connectivity index (χ0v) is 12.6. The summed E-state index contributed by atoms with van der Waals surface area (Å²) in [5.41, 5.74) is 0.772. The Labute approximate surface area is 139 Å². The van der Waals surface area contributed by atoms with Crippen LogP contribution in [0.15, 0.2) is 54.9 Å². The maximum Gasteiger partial charge on any atom is 0.387 e. The highest BCUT2D eigenvalue weighted by Crippen LogP contribution is 2.17. The van der Waals surface area contributed by atoms with Gasteiger partial charge in [-0.05, 0) is 42.5 Å². The maximum absolute atomic E-state index is 13.1. The van der Waals surface area contributed by atoms with E-state index in [-0.39, 0.29) is 17.3 Å². The zero-order chi connectivity index (χ0) is 17.8. The molecule has 0 saturated carbocycles. The molecule has 0 spiro atoms. The van der Waals surface area contributed by atoms with Crippen LogP contribution in [0.1, 0.15) is 10.6 Å². The summed E-state index contributed by atoms with van der Waals surface area (Å²) in [6, 6.07) is 11.1. The summed E-state index contributed by atoms with van der Waals surface area (Å²) in [6.07, 6.45) is 1.30. The van der Waals surface area contributed by atoms with Gasteiger partial charge in [-0.25, -0.2) is 14.1 Å². The van der Waals surface area contributed by atoms with Gasteiger partial charge in [-0.15, -0.1) is 5.10 Å². The molecule has 0 aliphatic rings. The van der Waals surface area contributed by atoms with Crippen LogP contribution in [0.25, 0.3) is 5.69 Å². The van der Waals surface area contributed by atoms with Crippen LogP contribution in [0, 0.1) is 5.82 Å². The molecular formula is C16H11F3N4O2. The Morgan fingerprint density at radius 1 is 1.16 bits per heavy atom. The molecule has 2 aromatic carbocycles. The van der Waals surface area contributed by atoms with Crippen molar-refractivity contribution in [3.05, 3.63) is 66.5 Å². The number of carbonyl (C=O) groups excluding carboxylic acids is 1. The minimum atomic E-state index is -2.91. The first-order valence-electron chi connectivity index (χ1n) is 7.05. The SMILES string of the molecule is O=C(Nc1cccc(F)c1)c1ncn(-c2ccc(OC(F)F)cc2)n1. The van der Waals surface area contributed by atoms with Crippen molar-refractivity contribution < 1.29 is 22.7 Å². The number of nitrogens with zero attached hydrogens (tertiary/aromatic N) is 3. The summed E-state index contributed by atoms with van der Waals surface area (Å²) in [5.74, 6) is -1.22. The fraction of sp³-hybridized carbons (Fsp3) is 0.0625. The van der Waals surface area contributed by atoms with Crippen LogP contribution in [0.3, 0.4) is 0 Å². The van der Waals surface area contributed by atoms with Gasteiger partial charge in [0.05, 0.1) is 5.69 Å². The van der Waals surface area contributed by atoms with Gasteiger partial charge in [0.2, 0.25) is 5.82 Å². The molecule has 3 aromatic rings. The van der Waals surface area contributed by atoms with Gasteiger partial charge in [0, 0.05) is 5.69 Å². The lowest BCUT2D eigenvalue weighted by molar-refractivity contribution is -0.0498. The molecule has 9 heteroatoms. The Hall–Kier alpha value is -3.36. The summed E-state index contributed by atoms with van der Waals surface area (Å²) in [7, 11) is 0. The third kappa shape index (κ3) is 4.14. The normalized spacial score (nSPS) is 10.7. The van der Waals surface area contributed by atoms with Gasteiger partial charge < -0.3 is 10.1 Å². The number of rotatable bonds is 5. The van der Waals surface area contributed by atoms with Crippen molar-refractivity contribution in [2.45, 2.75) is 6.61 Å². The van der Waals surface area contributed by atoms with Gasteiger partial charge in [-0.2, -0.15) is 8.78 Å². The van der Waals surface area contributed by atoms with E-state index in [0.717, 1.165) is 6.07 Å². The Kier molecular flexibility index (Phi) is 4.64. The topological polar surface area (TPSA) is 69.0 Å². The predicted octanol–water partition coefficient (Wildman–Crippen LogP) is 3.26. The highest BCUT2D eigenvalue weighted by molar-refractivity contribution is 6.01. The van der Waals surface area contributed by atoms with Crippen molar-refractivity contribution in [2.24, 2.45) is 0 Å². The minimum Gasteiger partial charge on any atom is -0.435 e. The van der Waals surface area contributed by atoms with E-state index in [0.29, 0.717) is 5.69 Å². The summed E-state index contributed by atoms with van der Waals surface area (Å²) in [6.45, 7) is -2.91. The van der Waals surface area contributed by atoms with Crippen LogP contribution < -0.4 is 10.1 Å². The Morgan fingerprint density at radius 3 is 2.60 bits per heavy atom. The van der Waals surface area contributed by atoms with E-state index < -0.39 is 18.3 Å². The van der Waals surface area contributed by atoms with Crippen molar-refractivity contribution in [3.63, 3.8) is 0 Å². The Bertz CT molecular complexity index is 881. The molecule has 1 heterocycles. The molecule has 6 nitrogen and oxygen atoms in total. The van der Waals surface area contributed by atoms with E-state index in [2.05, 4.69) is 20.1 Å². The second-order valence-electron chi connectivity index (χ2n) is 4.85. The molecule has 0 saturated heterocycles. The number of carbonyl (C=O) groups is 1. The fourth-order valence-electron chi connectivity index (χ4n) is 2.03. The first-order valence-corrected chi connectivity index (χ1v) is 7.05. The summed E-state index contributed by atoms with van der Waals surface area (Å²) < 4.78 is 42.9. The molecule has 0 unspecified atom stereocenters. The molecule has 0 aliphatic carbocycles. The van der Waals surface area contributed by atoms with Crippen LogP contribution >= 0.6 is 0 Å². The van der Waals surface area contributed by atoms with E-state index in [4.69, 9.17) is 0 Å². The lowest BCUT2D eigenvalue weighted by Gasteiger charge is -2.05. The average Bonchev–Trinajstić information content (AvgIpc) is 3.05. The standard InChI is InChI=1S/C16H11F3N4O2/c17-10-2-1-3-11(8-10)21-15(24)14-20-9-23(22-14)12-4-6-13(7-5-12)25-16(18)19/h1-9,16H,(H,21,24). The molecule has 3 rings (SSSR count). The number of anilines is 1. The number of hydrogen-bond acceptors (Lipinski definition) is 4. The van der Waals surface area contributed by atoms with Crippen LogP contribution in [0.5, 0.6) is 5.75 Å². The lowest BCUT2D eigenvalue weighted by atomic mass is 10.3. The van der Waals surface area contributed by atoms with Gasteiger partial charge in [0.15, 0.2) is 0 Å². The third-order valence-corrected chi connectivity index (χ3v) is 3.10. The zero-order valence-electron chi connectivity index (χ0n) is 12.6. The van der Waals surface area contributed by atoms with E-state index in [1.165, 1.54) is 53.5 Å². The molecule has 0 radical (unpaired) electrons. The number of hydrogen-bond donors (Lipinski definition) is 1. The van der Waals surface area contributed by atoms with Crippen LogP contribution in [-0.4, -0.2) is 27.3 Å². The second kappa shape index (κ2) is 7.04. The average molecular weight is 348 g/mol. The van der Waals surface area contributed by atoms with Crippen LogP contribution in [0.4, 0.5) is 18.9 Å². The predicted molar refractivity (Wildman–Crippen MR) is 82.3 cm³/mol. The van der Waals surface area contributed by atoms with Crippen molar-refractivity contribution in [2.75, 3.05) is 5.32 Å². The number of benzene rings is 2. The van der Waals surface area contributed by atoms with Crippen molar-refractivity contribution in [1.29, 1.82) is 0 Å². The van der Waals surface area contributed by atoms with Crippen molar-refractivity contribution in [1.82, 2.24) is 14.8 Å². The van der Waals surface area contributed by atoms with Gasteiger partial charge in [0.25, 0.3) is 5.91 Å². The first kappa shape index (κ1) is 16.5. The quantitative estimate of drug-likeness (QED) is 0.768.